The molecule has 0 N–H and O–H groups in total. The van der Waals surface area contributed by atoms with Gasteiger partial charge < -0.3 is 4.79 Å². The Balaban J connectivity index is 2.70. The van der Waals surface area contributed by atoms with Gasteiger partial charge in [0.2, 0.25) is 10.0 Å². The Morgan fingerprint density at radius 2 is 2.17 bits per heavy atom. The maximum Gasteiger partial charge on any atom is 0.235 e. The van der Waals surface area contributed by atoms with Crippen LogP contribution in [0.15, 0.2) is 12.0 Å². The van der Waals surface area contributed by atoms with Crippen LogP contribution >= 0.6 is 0 Å². The lowest BCUT2D eigenvalue weighted by Gasteiger charge is -2.11. The van der Waals surface area contributed by atoms with Crippen LogP contribution in [-0.2, 0) is 14.8 Å². The smallest absolute Gasteiger partial charge is 0.235 e. The molecule has 0 amide bonds. The summed E-state index contributed by atoms with van der Waals surface area (Å²) in [5.41, 5.74) is 0. The number of hydrogen-bond donors (Lipinski definition) is 0. The molecule has 1 unspecified atom stereocenters. The van der Waals surface area contributed by atoms with E-state index < -0.39 is 10.0 Å². The van der Waals surface area contributed by atoms with E-state index >= 15 is 0 Å². The lowest BCUT2D eigenvalue weighted by molar-refractivity contribution is -0.110. The van der Waals surface area contributed by atoms with Gasteiger partial charge in [-0.25, -0.2) is 8.42 Å². The predicted molar refractivity (Wildman–Crippen MR) is 44.9 cm³/mol. The first-order chi connectivity index (χ1) is 5.60. The quantitative estimate of drug-likeness (QED) is 0.586. The highest BCUT2D eigenvalue weighted by atomic mass is 32.2. The van der Waals surface area contributed by atoms with Gasteiger partial charge in [0.15, 0.2) is 0 Å². The van der Waals surface area contributed by atoms with Crippen LogP contribution in [0.2, 0.25) is 0 Å². The van der Waals surface area contributed by atoms with Gasteiger partial charge in [-0.1, -0.05) is 6.58 Å². The molecule has 0 aromatic heterocycles. The Kier molecular flexibility index (Phi) is 2.64. The minimum atomic E-state index is -3.30. The summed E-state index contributed by atoms with van der Waals surface area (Å²) in [5, 5.41) is 0.917. The van der Waals surface area contributed by atoms with Gasteiger partial charge in [0.25, 0.3) is 0 Å². The van der Waals surface area contributed by atoms with Crippen LogP contribution in [0.4, 0.5) is 0 Å². The Bertz CT molecular complexity index is 283. The van der Waals surface area contributed by atoms with E-state index in [1.165, 1.54) is 4.31 Å². The highest BCUT2D eigenvalue weighted by Gasteiger charge is 2.28. The summed E-state index contributed by atoms with van der Waals surface area (Å²) in [4.78, 5) is 10.3. The molecule has 4 nitrogen and oxygen atoms in total. The Morgan fingerprint density at radius 3 is 2.58 bits per heavy atom. The molecule has 0 radical (unpaired) electrons. The van der Waals surface area contributed by atoms with Crippen molar-refractivity contribution in [3.05, 3.63) is 12.0 Å². The second kappa shape index (κ2) is 3.37. The molecule has 0 saturated carbocycles. The van der Waals surface area contributed by atoms with Gasteiger partial charge in [-0.15, -0.1) is 0 Å². The number of nitrogens with zero attached hydrogens (tertiary/aromatic N) is 1. The predicted octanol–water partition coefficient (Wildman–Crippen LogP) is -0.0195. The molecule has 0 bridgehead atoms. The highest BCUT2D eigenvalue weighted by molar-refractivity contribution is 7.92. The van der Waals surface area contributed by atoms with Crippen LogP contribution in [0.1, 0.15) is 6.42 Å². The lowest BCUT2D eigenvalue weighted by Crippen LogP contribution is -2.26. The van der Waals surface area contributed by atoms with Gasteiger partial charge in [0.1, 0.15) is 6.29 Å². The fraction of sp³-hybridized carbons (Fsp3) is 0.571. The number of hydrogen-bond acceptors (Lipinski definition) is 3. The molecule has 68 valence electrons. The minimum absolute atomic E-state index is 0.139. The molecule has 0 aromatic rings. The molecule has 1 rings (SSSR count). The zero-order chi connectivity index (χ0) is 9.19. The second-order valence-corrected chi connectivity index (χ2v) is 4.63. The zero-order valence-electron chi connectivity index (χ0n) is 6.64. The normalized spacial score (nSPS) is 25.5. The van der Waals surface area contributed by atoms with Gasteiger partial charge in [-0.3, -0.25) is 0 Å². The van der Waals surface area contributed by atoms with E-state index in [2.05, 4.69) is 6.58 Å². The zero-order valence-corrected chi connectivity index (χ0v) is 7.46. The number of carbonyl (C=O) groups excluding carboxylic acids is 1. The maximum absolute atomic E-state index is 11.2. The van der Waals surface area contributed by atoms with Crippen molar-refractivity contribution in [3.63, 3.8) is 0 Å². The van der Waals surface area contributed by atoms with Crippen molar-refractivity contribution in [2.75, 3.05) is 13.1 Å². The fourth-order valence-corrected chi connectivity index (χ4v) is 2.17. The third-order valence-corrected chi connectivity index (χ3v) is 3.42. The first kappa shape index (κ1) is 9.41. The van der Waals surface area contributed by atoms with Gasteiger partial charge >= 0.3 is 0 Å². The van der Waals surface area contributed by atoms with Crippen molar-refractivity contribution >= 4 is 16.3 Å². The Hall–Kier alpha value is -0.680. The number of sulfonamides is 1. The van der Waals surface area contributed by atoms with Crippen molar-refractivity contribution < 1.29 is 13.2 Å². The average molecular weight is 189 g/mol. The van der Waals surface area contributed by atoms with Crippen molar-refractivity contribution in [2.45, 2.75) is 6.42 Å². The fourth-order valence-electron chi connectivity index (χ4n) is 1.20. The molecule has 1 saturated heterocycles. The summed E-state index contributed by atoms with van der Waals surface area (Å²) in [6.45, 7) is 3.94. The third-order valence-electron chi connectivity index (χ3n) is 1.95. The van der Waals surface area contributed by atoms with E-state index in [9.17, 15) is 13.2 Å². The topological polar surface area (TPSA) is 54.5 Å². The van der Waals surface area contributed by atoms with Crippen LogP contribution in [0, 0.1) is 5.92 Å². The molecule has 1 fully saturated rings. The molecule has 1 atom stereocenters. The Morgan fingerprint density at radius 1 is 1.50 bits per heavy atom. The van der Waals surface area contributed by atoms with Crippen LogP contribution in [-0.4, -0.2) is 32.1 Å². The van der Waals surface area contributed by atoms with Crippen molar-refractivity contribution in [1.82, 2.24) is 4.31 Å². The molecular formula is C7H11NO3S. The number of aldehydes is 1. The second-order valence-electron chi connectivity index (χ2n) is 2.75. The number of carbonyl (C=O) groups is 1. The van der Waals surface area contributed by atoms with Crippen LogP contribution in [0.25, 0.3) is 0 Å². The summed E-state index contributed by atoms with van der Waals surface area (Å²) < 4.78 is 23.6. The molecule has 12 heavy (non-hydrogen) atoms. The third kappa shape index (κ3) is 1.73. The van der Waals surface area contributed by atoms with Gasteiger partial charge in [0.05, 0.1) is 0 Å². The van der Waals surface area contributed by atoms with Crippen molar-refractivity contribution in [1.29, 1.82) is 0 Å². The standard InChI is InChI=1S/C7H11NO3S/c1-2-12(10,11)8-4-3-7(5-8)6-9/h2,6-7H,1,3-5H2. The average Bonchev–Trinajstić information content (AvgIpc) is 2.52. The summed E-state index contributed by atoms with van der Waals surface area (Å²) in [7, 11) is -3.30. The first-order valence-corrected chi connectivity index (χ1v) is 5.18. The van der Waals surface area contributed by atoms with Gasteiger partial charge in [-0.2, -0.15) is 4.31 Å². The summed E-state index contributed by atoms with van der Waals surface area (Å²) >= 11 is 0. The molecule has 0 spiro atoms. The highest BCUT2D eigenvalue weighted by Crippen LogP contribution is 2.17. The molecule has 0 aromatic carbocycles. The summed E-state index contributed by atoms with van der Waals surface area (Å²) in [6.07, 6.45) is 1.43. The first-order valence-electron chi connectivity index (χ1n) is 3.68. The minimum Gasteiger partial charge on any atom is -0.303 e. The lowest BCUT2D eigenvalue weighted by atomic mass is 10.2. The van der Waals surface area contributed by atoms with Crippen LogP contribution in [0.5, 0.6) is 0 Å². The molecule has 1 aliphatic rings. The van der Waals surface area contributed by atoms with E-state index in [1.807, 2.05) is 0 Å². The van der Waals surface area contributed by atoms with E-state index in [0.717, 1.165) is 11.7 Å². The van der Waals surface area contributed by atoms with Gasteiger partial charge in [0, 0.05) is 24.4 Å². The molecular weight excluding hydrogens is 178 g/mol. The molecule has 1 heterocycles. The van der Waals surface area contributed by atoms with Crippen molar-refractivity contribution in [2.24, 2.45) is 5.92 Å². The molecule has 5 heteroatoms. The van der Waals surface area contributed by atoms with Crippen LogP contribution in [0.3, 0.4) is 0 Å². The van der Waals surface area contributed by atoms with E-state index in [1.54, 1.807) is 0 Å². The van der Waals surface area contributed by atoms with Crippen molar-refractivity contribution in [3.8, 4) is 0 Å². The number of rotatable bonds is 3. The van der Waals surface area contributed by atoms with Crippen LogP contribution < -0.4 is 0 Å². The largest absolute Gasteiger partial charge is 0.303 e. The molecule has 0 aliphatic carbocycles. The Labute approximate surface area is 71.9 Å². The molecule has 1 aliphatic heterocycles. The summed E-state index contributed by atoms with van der Waals surface area (Å²) in [6, 6.07) is 0. The summed E-state index contributed by atoms with van der Waals surface area (Å²) in [5.74, 6) is -0.139. The van der Waals surface area contributed by atoms with E-state index in [4.69, 9.17) is 0 Å². The SMILES string of the molecule is C=CS(=O)(=O)N1CCC(C=O)C1. The van der Waals surface area contributed by atoms with Gasteiger partial charge in [-0.05, 0) is 6.42 Å². The van der Waals surface area contributed by atoms with E-state index in [0.29, 0.717) is 19.5 Å². The van der Waals surface area contributed by atoms with E-state index in [-0.39, 0.29) is 5.92 Å². The monoisotopic (exact) mass is 189 g/mol. The maximum atomic E-state index is 11.2.